The van der Waals surface area contributed by atoms with Crippen molar-refractivity contribution >= 4 is 29.9 Å². The van der Waals surface area contributed by atoms with E-state index >= 15 is 0 Å². The number of guanidine groups is 1. The number of ether oxygens (including phenoxy) is 1. The van der Waals surface area contributed by atoms with Crippen molar-refractivity contribution in [3.63, 3.8) is 0 Å². The minimum atomic E-state index is 0. The Bertz CT molecular complexity index is 265. The van der Waals surface area contributed by atoms with E-state index in [0.717, 1.165) is 58.3 Å². The Morgan fingerprint density at radius 3 is 2.74 bits per heavy atom. The molecule has 6 heteroatoms. The van der Waals surface area contributed by atoms with E-state index in [4.69, 9.17) is 10.5 Å². The molecule has 1 heterocycles. The van der Waals surface area contributed by atoms with Crippen molar-refractivity contribution in [3.05, 3.63) is 0 Å². The second kappa shape index (κ2) is 9.77. The Morgan fingerprint density at radius 1 is 1.32 bits per heavy atom. The highest BCUT2D eigenvalue weighted by atomic mass is 127. The van der Waals surface area contributed by atoms with Crippen molar-refractivity contribution in [2.45, 2.75) is 25.7 Å². The first-order valence-corrected chi connectivity index (χ1v) is 7.18. The Kier molecular flexibility index (Phi) is 8.72. The number of nitrogens with two attached hydrogens (primary N) is 1. The summed E-state index contributed by atoms with van der Waals surface area (Å²) in [6, 6.07) is 0. The number of hydrogen-bond donors (Lipinski definition) is 2. The number of hydrogen-bond acceptors (Lipinski definition) is 3. The van der Waals surface area contributed by atoms with Crippen LogP contribution in [0.1, 0.15) is 25.7 Å². The van der Waals surface area contributed by atoms with E-state index in [2.05, 4.69) is 15.2 Å². The Balaban J connectivity index is 0.00000180. The van der Waals surface area contributed by atoms with Gasteiger partial charge in [-0.25, -0.2) is 0 Å². The van der Waals surface area contributed by atoms with E-state index < -0.39 is 0 Å². The molecule has 1 saturated heterocycles. The molecule has 0 atom stereocenters. The van der Waals surface area contributed by atoms with Crippen LogP contribution in [-0.4, -0.2) is 56.8 Å². The number of nitrogens with one attached hydrogen (secondary N) is 1. The third kappa shape index (κ3) is 7.94. The molecule has 0 bridgehead atoms. The largest absolute Gasteiger partial charge is 0.379 e. The molecule has 0 radical (unpaired) electrons. The van der Waals surface area contributed by atoms with Gasteiger partial charge >= 0.3 is 0 Å². The van der Waals surface area contributed by atoms with Gasteiger partial charge in [-0.2, -0.15) is 0 Å². The van der Waals surface area contributed by atoms with Crippen LogP contribution in [0.25, 0.3) is 0 Å². The lowest BCUT2D eigenvalue weighted by molar-refractivity contribution is 0.0377. The fourth-order valence-corrected chi connectivity index (χ4v) is 2.19. The zero-order valence-electron chi connectivity index (χ0n) is 11.6. The van der Waals surface area contributed by atoms with Gasteiger partial charge in [-0.05, 0) is 18.8 Å². The van der Waals surface area contributed by atoms with E-state index in [1.54, 1.807) is 0 Å². The lowest BCUT2D eigenvalue weighted by atomic mass is 10.3. The molecular formula is C13H27IN4O. The Labute approximate surface area is 133 Å². The highest BCUT2D eigenvalue weighted by Gasteiger charge is 2.20. The smallest absolute Gasteiger partial charge is 0.188 e. The molecule has 2 rings (SSSR count). The van der Waals surface area contributed by atoms with Crippen molar-refractivity contribution in [1.29, 1.82) is 0 Å². The van der Waals surface area contributed by atoms with Crippen molar-refractivity contribution in [1.82, 2.24) is 10.2 Å². The van der Waals surface area contributed by atoms with Gasteiger partial charge in [0, 0.05) is 32.7 Å². The molecule has 2 aliphatic rings. The monoisotopic (exact) mass is 382 g/mol. The summed E-state index contributed by atoms with van der Waals surface area (Å²) < 4.78 is 5.31. The molecule has 19 heavy (non-hydrogen) atoms. The summed E-state index contributed by atoms with van der Waals surface area (Å²) in [6.07, 6.45) is 5.12. The normalized spacial score (nSPS) is 20.9. The first-order valence-electron chi connectivity index (χ1n) is 7.18. The molecule has 0 aromatic heterocycles. The molecule has 1 saturated carbocycles. The van der Waals surface area contributed by atoms with Crippen molar-refractivity contribution < 1.29 is 4.74 Å². The maximum Gasteiger partial charge on any atom is 0.188 e. The first kappa shape index (κ1) is 17.0. The summed E-state index contributed by atoms with van der Waals surface area (Å²) in [5, 5.41) is 3.19. The fraction of sp³-hybridized carbons (Fsp3) is 0.923. The molecule has 3 N–H and O–H groups in total. The van der Waals surface area contributed by atoms with E-state index in [1.165, 1.54) is 19.3 Å². The molecule has 2 fully saturated rings. The first-order chi connectivity index (χ1) is 8.84. The molecule has 0 amide bonds. The van der Waals surface area contributed by atoms with Gasteiger partial charge in [-0.15, -0.1) is 24.0 Å². The average Bonchev–Trinajstić information content (AvgIpc) is 3.20. The maximum atomic E-state index is 5.80. The highest BCUT2D eigenvalue weighted by molar-refractivity contribution is 14.0. The standard InChI is InChI=1S/C13H26N4O.HI/c14-13(16-6-4-12-2-3-12)15-5-1-7-17-8-10-18-11-9-17;/h12H,1-11H2,(H3,14,15,16);1H. The zero-order chi connectivity index (χ0) is 12.6. The van der Waals surface area contributed by atoms with Crippen LogP contribution in [-0.2, 0) is 4.74 Å². The van der Waals surface area contributed by atoms with Gasteiger partial charge in [-0.3, -0.25) is 9.89 Å². The lowest BCUT2D eigenvalue weighted by Gasteiger charge is -2.26. The quantitative estimate of drug-likeness (QED) is 0.299. The summed E-state index contributed by atoms with van der Waals surface area (Å²) in [4.78, 5) is 6.78. The Morgan fingerprint density at radius 2 is 2.05 bits per heavy atom. The van der Waals surface area contributed by atoms with Gasteiger partial charge in [0.05, 0.1) is 13.2 Å². The third-order valence-electron chi connectivity index (χ3n) is 3.57. The van der Waals surface area contributed by atoms with Crippen LogP contribution >= 0.6 is 24.0 Å². The van der Waals surface area contributed by atoms with Crippen LogP contribution in [0.3, 0.4) is 0 Å². The maximum absolute atomic E-state index is 5.80. The minimum Gasteiger partial charge on any atom is -0.379 e. The predicted molar refractivity (Wildman–Crippen MR) is 89.1 cm³/mol. The van der Waals surface area contributed by atoms with Gasteiger partial charge in [0.2, 0.25) is 0 Å². The zero-order valence-corrected chi connectivity index (χ0v) is 14.0. The van der Waals surface area contributed by atoms with Crippen LogP contribution in [0.2, 0.25) is 0 Å². The van der Waals surface area contributed by atoms with Gasteiger partial charge in [0.15, 0.2) is 5.96 Å². The van der Waals surface area contributed by atoms with E-state index in [0.29, 0.717) is 5.96 Å². The van der Waals surface area contributed by atoms with Crippen molar-refractivity contribution in [3.8, 4) is 0 Å². The number of morpholine rings is 1. The summed E-state index contributed by atoms with van der Waals surface area (Å²) in [7, 11) is 0. The molecule has 0 aromatic rings. The lowest BCUT2D eigenvalue weighted by Crippen LogP contribution is -2.37. The molecule has 112 valence electrons. The van der Waals surface area contributed by atoms with Gasteiger partial charge in [0.1, 0.15) is 0 Å². The molecule has 0 unspecified atom stereocenters. The topological polar surface area (TPSA) is 62.9 Å². The van der Waals surface area contributed by atoms with E-state index in [9.17, 15) is 0 Å². The number of rotatable bonds is 7. The fourth-order valence-electron chi connectivity index (χ4n) is 2.19. The molecule has 0 aromatic carbocycles. The number of halogens is 1. The average molecular weight is 382 g/mol. The van der Waals surface area contributed by atoms with Gasteiger partial charge in [-0.1, -0.05) is 12.8 Å². The second-order valence-electron chi connectivity index (χ2n) is 5.23. The van der Waals surface area contributed by atoms with Crippen LogP contribution in [0.5, 0.6) is 0 Å². The minimum absolute atomic E-state index is 0. The van der Waals surface area contributed by atoms with E-state index in [1.807, 2.05) is 0 Å². The number of nitrogens with zero attached hydrogens (tertiary/aromatic N) is 2. The van der Waals surface area contributed by atoms with Crippen LogP contribution < -0.4 is 11.1 Å². The van der Waals surface area contributed by atoms with Crippen molar-refractivity contribution in [2.24, 2.45) is 16.6 Å². The molecule has 1 aliphatic heterocycles. The third-order valence-corrected chi connectivity index (χ3v) is 3.57. The molecule has 1 aliphatic carbocycles. The van der Waals surface area contributed by atoms with E-state index in [-0.39, 0.29) is 24.0 Å². The predicted octanol–water partition coefficient (Wildman–Crippen LogP) is 1.03. The summed E-state index contributed by atoms with van der Waals surface area (Å²) in [5.74, 6) is 1.56. The highest BCUT2D eigenvalue weighted by Crippen LogP contribution is 2.31. The van der Waals surface area contributed by atoms with Gasteiger partial charge < -0.3 is 15.8 Å². The number of aliphatic imine (C=N–C) groups is 1. The molecule has 0 spiro atoms. The van der Waals surface area contributed by atoms with Gasteiger partial charge in [0.25, 0.3) is 0 Å². The van der Waals surface area contributed by atoms with Crippen LogP contribution in [0.4, 0.5) is 0 Å². The SMILES string of the molecule is I.NC(=NCCCN1CCOCC1)NCCC1CC1. The summed E-state index contributed by atoms with van der Waals surface area (Å²) >= 11 is 0. The van der Waals surface area contributed by atoms with Crippen LogP contribution in [0, 0.1) is 5.92 Å². The van der Waals surface area contributed by atoms with Crippen molar-refractivity contribution in [2.75, 3.05) is 45.9 Å². The summed E-state index contributed by atoms with van der Waals surface area (Å²) in [6.45, 7) is 6.74. The Hall–Kier alpha value is -0.0800. The molecule has 5 nitrogen and oxygen atoms in total. The second-order valence-corrected chi connectivity index (χ2v) is 5.23. The summed E-state index contributed by atoms with van der Waals surface area (Å²) in [5.41, 5.74) is 5.80. The van der Waals surface area contributed by atoms with Crippen LogP contribution in [0.15, 0.2) is 4.99 Å². The molecular weight excluding hydrogens is 355 g/mol.